The summed E-state index contributed by atoms with van der Waals surface area (Å²) in [6.07, 6.45) is 13.1. The number of fused-ring (bicyclic) bond motifs is 1. The van der Waals surface area contributed by atoms with Crippen LogP contribution in [0.3, 0.4) is 0 Å². The van der Waals surface area contributed by atoms with Crippen molar-refractivity contribution < 1.29 is 47.9 Å². The highest BCUT2D eigenvalue weighted by atomic mass is 16.5. The van der Waals surface area contributed by atoms with Crippen LogP contribution in [0, 0.1) is 12.8 Å². The Bertz CT molecular complexity index is 3500. The molecule has 1 saturated carbocycles. The lowest BCUT2D eigenvalue weighted by Crippen LogP contribution is -2.33. The van der Waals surface area contributed by atoms with Crippen LogP contribution >= 0.6 is 0 Å². The number of H-pyrrole nitrogens is 1. The minimum atomic E-state index is -0.619. The number of hydrogen-bond acceptors (Lipinski definition) is 13. The van der Waals surface area contributed by atoms with Gasteiger partial charge >= 0.3 is 5.97 Å². The molecule has 6 aromatic rings. The number of imidazole rings is 3. The van der Waals surface area contributed by atoms with E-state index >= 15 is 0 Å². The van der Waals surface area contributed by atoms with Gasteiger partial charge in [-0.05, 0) is 43.9 Å². The smallest absolute Gasteiger partial charge is 0.340 e. The van der Waals surface area contributed by atoms with Crippen LogP contribution in [0.4, 0.5) is 28.8 Å². The number of nitrogens with zero attached hydrogens (tertiary/aromatic N) is 9. The van der Waals surface area contributed by atoms with E-state index < -0.39 is 40.9 Å². The first-order chi connectivity index (χ1) is 35.6. The Hall–Kier alpha value is -9.62. The number of esters is 1. The highest BCUT2D eigenvalue weighted by molar-refractivity contribution is 6.12. The van der Waals surface area contributed by atoms with Crippen molar-refractivity contribution in [2.24, 2.45) is 41.2 Å². The highest BCUT2D eigenvalue weighted by Crippen LogP contribution is 2.67. The maximum absolute atomic E-state index is 13.7. The second-order valence-corrected chi connectivity index (χ2v) is 18.5. The largest absolute Gasteiger partial charge is 0.465 e. The number of carbonyl (C=O) groups is 9. The number of aryl methyl sites for hydroxylation is 6. The SMILES string of the molecule is COC(=O)c1c(C)[nH]c2c1[C@@]13C[C@@H]1CN(C(=O)/C=C/c1cc(NC(=O)c4nc(NC(=O)CCCNC(=O)c5cc(NC(=O)c6nc(NC(=O)c7nc(NC(C)=O)cn7C)cn6C)cn5C)cn4C)cn1C)C3=CC2=O. The summed E-state index contributed by atoms with van der Waals surface area (Å²) < 4.78 is 12.6. The van der Waals surface area contributed by atoms with E-state index in [1.807, 2.05) is 0 Å². The molecule has 26 heteroatoms. The third-order valence-electron chi connectivity index (χ3n) is 13.2. The van der Waals surface area contributed by atoms with Gasteiger partial charge in [0.25, 0.3) is 29.5 Å². The topological polar surface area (TPSA) is 317 Å². The van der Waals surface area contributed by atoms with Crippen LogP contribution in [0.25, 0.3) is 6.08 Å². The first kappa shape index (κ1) is 50.3. The van der Waals surface area contributed by atoms with Gasteiger partial charge in [0.15, 0.2) is 17.5 Å². The van der Waals surface area contributed by atoms with Crippen LogP contribution in [-0.4, -0.2) is 121 Å². The van der Waals surface area contributed by atoms with E-state index in [1.54, 1.807) is 70.0 Å². The van der Waals surface area contributed by atoms with Gasteiger partial charge < -0.3 is 69.4 Å². The average Bonchev–Trinajstić information content (AvgIpc) is 4.22. The van der Waals surface area contributed by atoms with Gasteiger partial charge in [-0.2, -0.15) is 0 Å². The van der Waals surface area contributed by atoms with E-state index in [0.717, 1.165) is 0 Å². The molecule has 7 heterocycles. The van der Waals surface area contributed by atoms with Crippen molar-refractivity contribution in [3.63, 3.8) is 0 Å². The molecule has 7 N–H and O–H groups in total. The lowest BCUT2D eigenvalue weighted by atomic mass is 9.82. The number of ether oxygens (including phenoxy) is 1. The fourth-order valence-corrected chi connectivity index (χ4v) is 9.69. The van der Waals surface area contributed by atoms with Crippen LogP contribution < -0.4 is 31.9 Å². The zero-order chi connectivity index (χ0) is 53.8. The number of nitrogens with one attached hydrogen (secondary N) is 7. The molecule has 3 aliphatic rings. The fraction of sp³-hybridized carbons (Fsp3) is 0.306. The van der Waals surface area contributed by atoms with Crippen molar-refractivity contribution in [1.82, 2.24) is 53.0 Å². The Balaban J connectivity index is 0.724. The van der Waals surface area contributed by atoms with E-state index in [2.05, 4.69) is 51.8 Å². The zero-order valence-electron chi connectivity index (χ0n) is 42.0. The summed E-state index contributed by atoms with van der Waals surface area (Å²) in [5, 5.41) is 16.0. The number of piperidine rings is 1. The molecule has 1 spiro atoms. The summed E-state index contributed by atoms with van der Waals surface area (Å²) >= 11 is 0. The van der Waals surface area contributed by atoms with Crippen LogP contribution in [0.5, 0.6) is 0 Å². The molecule has 75 heavy (non-hydrogen) atoms. The number of amides is 7. The van der Waals surface area contributed by atoms with E-state index in [0.29, 0.717) is 58.2 Å². The van der Waals surface area contributed by atoms with Crippen LogP contribution in [0.15, 0.2) is 61.0 Å². The molecule has 6 aromatic heterocycles. The van der Waals surface area contributed by atoms with Crippen LogP contribution in [-0.2, 0) is 59.8 Å². The summed E-state index contributed by atoms with van der Waals surface area (Å²) in [5.74, 6) is -3.76. The van der Waals surface area contributed by atoms with Crippen molar-refractivity contribution in [2.45, 2.75) is 38.5 Å². The van der Waals surface area contributed by atoms with Crippen LogP contribution in [0.2, 0.25) is 0 Å². The van der Waals surface area contributed by atoms with E-state index in [4.69, 9.17) is 4.74 Å². The molecule has 2 aliphatic carbocycles. The molecule has 2 atom stereocenters. The molecular formula is C49H52N16O10. The van der Waals surface area contributed by atoms with Crippen LogP contribution in [0.1, 0.15) is 106 Å². The van der Waals surface area contributed by atoms with Gasteiger partial charge in [-0.1, -0.05) is 0 Å². The molecule has 1 aliphatic heterocycles. The first-order valence-corrected chi connectivity index (χ1v) is 23.5. The first-order valence-electron chi connectivity index (χ1n) is 23.5. The van der Waals surface area contributed by atoms with Crippen molar-refractivity contribution in [2.75, 3.05) is 46.8 Å². The normalized spacial score (nSPS) is 16.2. The van der Waals surface area contributed by atoms with Gasteiger partial charge in [0, 0.05) is 133 Å². The second-order valence-electron chi connectivity index (χ2n) is 18.5. The van der Waals surface area contributed by atoms with Gasteiger partial charge in [-0.25, -0.2) is 19.7 Å². The standard InChI is InChI=1S/C49H52N16O10/c1-24-38(48(74)75-8)39-40(51-24)31(67)16-32-49(39)17-26(49)18-65(32)37(69)12-11-29-14-27(19-60(29)3)53-45(71)41-57-34(22-63(41)6)55-36(68)10-9-13-50-44(70)30-15-28(20-61(30)4)54-46(72)42-58-35(23-64(42)7)59-47(73)43-56-33(21-62(43)5)52-25(2)66/h11-12,14-16,19-23,26,51H,9-10,13,17-18H2,1-8H3,(H,50,70)(H,52,66)(H,53,71)(H,54,72)(H,55,68)(H,59,73)/b12-11+/t26-,49+/m1/s1. The Morgan fingerprint density at radius 1 is 0.747 bits per heavy atom. The molecule has 388 valence electrons. The number of ketones is 1. The quantitative estimate of drug-likeness (QED) is 0.0417. The van der Waals surface area contributed by atoms with E-state index in [1.165, 1.54) is 75.3 Å². The van der Waals surface area contributed by atoms with E-state index in [-0.39, 0.29) is 83.5 Å². The predicted molar refractivity (Wildman–Crippen MR) is 269 cm³/mol. The van der Waals surface area contributed by atoms with Gasteiger partial charge in [0.1, 0.15) is 5.69 Å². The lowest BCUT2D eigenvalue weighted by Gasteiger charge is -2.27. The third-order valence-corrected chi connectivity index (χ3v) is 13.2. The average molecular weight is 1030 g/mol. The number of hydrogen-bond donors (Lipinski definition) is 7. The molecule has 0 aromatic carbocycles. The Labute approximate surface area is 426 Å². The molecule has 0 bridgehead atoms. The minimum absolute atomic E-state index is 0.0000957. The molecule has 7 amide bonds. The highest BCUT2D eigenvalue weighted by Gasteiger charge is 2.68. The van der Waals surface area contributed by atoms with Gasteiger partial charge in [0.2, 0.25) is 35.1 Å². The van der Waals surface area contributed by atoms with Crippen molar-refractivity contribution >= 4 is 88.0 Å². The number of aromatic amines is 1. The number of carbonyl (C=O) groups excluding carboxylic acids is 9. The maximum Gasteiger partial charge on any atom is 0.340 e. The third kappa shape index (κ3) is 9.62. The Kier molecular flexibility index (Phi) is 13.0. The van der Waals surface area contributed by atoms with Crippen molar-refractivity contribution in [3.05, 3.63) is 112 Å². The zero-order valence-corrected chi connectivity index (χ0v) is 42.0. The summed E-state index contributed by atoms with van der Waals surface area (Å²) in [4.78, 5) is 134. The van der Waals surface area contributed by atoms with Gasteiger partial charge in [-0.3, -0.25) is 38.4 Å². The molecular weight excluding hydrogens is 973 g/mol. The molecule has 0 unspecified atom stereocenters. The lowest BCUT2D eigenvalue weighted by molar-refractivity contribution is -0.124. The Morgan fingerprint density at radius 3 is 1.93 bits per heavy atom. The number of rotatable bonds is 16. The molecule has 1 saturated heterocycles. The molecule has 26 nitrogen and oxygen atoms in total. The van der Waals surface area contributed by atoms with Crippen molar-refractivity contribution in [1.29, 1.82) is 0 Å². The minimum Gasteiger partial charge on any atom is -0.465 e. The summed E-state index contributed by atoms with van der Waals surface area (Å²) in [7, 11) is 9.42. The number of anilines is 5. The van der Waals surface area contributed by atoms with Gasteiger partial charge in [0.05, 0.1) is 29.7 Å². The number of allylic oxidation sites excluding steroid dienone is 2. The Morgan fingerprint density at radius 2 is 1.32 bits per heavy atom. The van der Waals surface area contributed by atoms with Gasteiger partial charge in [-0.15, -0.1) is 0 Å². The fourth-order valence-electron chi connectivity index (χ4n) is 9.69. The molecule has 9 rings (SSSR count). The summed E-state index contributed by atoms with van der Waals surface area (Å²) in [6.45, 7) is 3.56. The van der Waals surface area contributed by atoms with Crippen molar-refractivity contribution in [3.8, 4) is 0 Å². The second kappa shape index (κ2) is 19.4. The number of likely N-dealkylation sites (tertiary alicyclic amines) is 1. The van der Waals surface area contributed by atoms with E-state index in [9.17, 15) is 43.2 Å². The number of methoxy groups -OCH3 is 1. The molecule has 0 radical (unpaired) electrons. The predicted octanol–water partition coefficient (Wildman–Crippen LogP) is 2.74. The maximum atomic E-state index is 13.7. The molecule has 2 fully saturated rings. The number of aromatic nitrogens is 9. The summed E-state index contributed by atoms with van der Waals surface area (Å²) in [5.41, 5.74) is 3.32. The summed E-state index contributed by atoms with van der Waals surface area (Å²) in [6, 6.07) is 3.15. The monoisotopic (exact) mass is 1020 g/mol.